The number of hydrogen-bond donors (Lipinski definition) is 10. The van der Waals surface area contributed by atoms with Gasteiger partial charge in [-0.25, -0.2) is 32.6 Å². The lowest BCUT2D eigenvalue weighted by Gasteiger charge is -2.16. The molecule has 1 heterocycles. The third-order valence-corrected chi connectivity index (χ3v) is 17.8. The molecule has 0 fully saturated rings. The Hall–Kier alpha value is -6.22. The summed E-state index contributed by atoms with van der Waals surface area (Å²) >= 11 is 6.83. The van der Waals surface area contributed by atoms with Crippen molar-refractivity contribution in [3.8, 4) is 11.5 Å². The van der Waals surface area contributed by atoms with E-state index < -0.39 is 145 Å². The molecule has 0 radical (unpaired) electrons. The highest BCUT2D eigenvalue weighted by molar-refractivity contribution is 7.94. The van der Waals surface area contributed by atoms with E-state index in [1.165, 1.54) is 12.1 Å². The minimum Gasteiger partial charge on any atom is -0.505 e. The summed E-state index contributed by atoms with van der Waals surface area (Å²) in [5, 5.41) is 77.8. The summed E-state index contributed by atoms with van der Waals surface area (Å²) in [4.78, 5) is 8.41. The molecule has 0 unspecified atom stereocenters. The van der Waals surface area contributed by atoms with Gasteiger partial charge in [-0.3, -0.25) is 22.0 Å². The van der Waals surface area contributed by atoms with Crippen molar-refractivity contribution in [2.24, 2.45) is 20.5 Å². The first-order valence-corrected chi connectivity index (χ1v) is 31.4. The van der Waals surface area contributed by atoms with E-state index in [1.54, 1.807) is 0 Å². The summed E-state index contributed by atoms with van der Waals surface area (Å²) in [6.45, 7) is -0.809. The highest BCUT2D eigenvalue weighted by atomic mass is 35.5. The molecule has 0 aliphatic rings. The molecule has 83 heavy (non-hydrogen) atoms. The van der Waals surface area contributed by atoms with E-state index >= 15 is 0 Å². The van der Waals surface area contributed by atoms with Gasteiger partial charge in [-0.1, -0.05) is 15.1 Å². The molecule has 0 saturated carbocycles. The first kappa shape index (κ1) is 64.3. The number of nitrogens with one attached hydrogen (secondary N) is 2. The molecule has 0 amide bonds. The molecular weight excluding hydrogens is 1300 g/mol. The maximum atomic E-state index is 12.8. The zero-order valence-electron chi connectivity index (χ0n) is 40.1. The molecular formula is C39H32ClN9O26S8. The van der Waals surface area contributed by atoms with E-state index in [4.69, 9.17) is 35.7 Å². The van der Waals surface area contributed by atoms with Gasteiger partial charge in [0, 0.05) is 10.8 Å². The van der Waals surface area contributed by atoms with E-state index in [-0.39, 0.29) is 80.1 Å². The number of phenolic OH excluding ortho intramolecular Hbond substituents is 2. The molecule has 7 aromatic rings. The maximum Gasteiger partial charge on any atom is 0.296 e. The number of hydrogen-bond acceptors (Lipinski definition) is 35. The monoisotopic (exact) mass is 1330 g/mol. The van der Waals surface area contributed by atoms with Crippen LogP contribution in [0.4, 0.5) is 46.0 Å². The summed E-state index contributed by atoms with van der Waals surface area (Å²) in [6, 6.07) is 14.0. The zero-order valence-corrected chi connectivity index (χ0v) is 47.4. The number of sulfone groups is 2. The molecule has 10 N–H and O–H groups in total. The third kappa shape index (κ3) is 16.6. The minimum atomic E-state index is -5.39. The fraction of sp³-hybridized carbons (Fsp3) is 0.103. The number of halogens is 1. The second-order valence-electron chi connectivity index (χ2n) is 15.5. The lowest BCUT2D eigenvalue weighted by atomic mass is 10.1. The van der Waals surface area contributed by atoms with Crippen molar-refractivity contribution >= 4 is 166 Å². The molecule has 0 saturated heterocycles. The van der Waals surface area contributed by atoms with E-state index in [9.17, 15) is 66.0 Å². The van der Waals surface area contributed by atoms with Crippen LogP contribution in [0.25, 0.3) is 21.5 Å². The van der Waals surface area contributed by atoms with Gasteiger partial charge in [-0.15, -0.1) is 23.2 Å². The van der Waals surface area contributed by atoms with Gasteiger partial charge in [0.2, 0.25) is 17.2 Å². The van der Waals surface area contributed by atoms with Crippen LogP contribution in [-0.2, 0) is 86.5 Å². The van der Waals surface area contributed by atoms with Gasteiger partial charge in [0.25, 0.3) is 30.4 Å². The SMILES string of the molecule is O=S(=O)(O)c1cc(Nc2nc(Cl)nc(Nc3cc(S(=O)(=O)O)cc4cc(S(=O)(=O)O)c(/N=N/c5ccc(S(=O)(=O)CCOSOOO)cc5)c(O)c34)n2)c2c(O)c(/N=N/c3ccc(S(=O)(=O)CCOSOOO)cc3)c(SOOO)cc2c1. The highest BCUT2D eigenvalue weighted by Gasteiger charge is 2.28. The normalized spacial score (nSPS) is 12.8. The maximum absolute atomic E-state index is 12.8. The summed E-state index contributed by atoms with van der Waals surface area (Å²) in [6.07, 6.45) is 0. The van der Waals surface area contributed by atoms with E-state index in [0.717, 1.165) is 54.6 Å². The molecule has 7 rings (SSSR count). The van der Waals surface area contributed by atoms with Crippen molar-refractivity contribution in [3.63, 3.8) is 0 Å². The van der Waals surface area contributed by atoms with E-state index in [2.05, 4.69) is 74.2 Å². The van der Waals surface area contributed by atoms with Crippen molar-refractivity contribution in [1.82, 2.24) is 15.0 Å². The number of phenols is 2. The van der Waals surface area contributed by atoms with Crippen molar-refractivity contribution in [1.29, 1.82) is 0 Å². The predicted molar refractivity (Wildman–Crippen MR) is 285 cm³/mol. The molecule has 444 valence electrons. The number of aromatic hydroxyl groups is 2. The Labute approximate surface area is 482 Å². The van der Waals surface area contributed by atoms with Crippen LogP contribution in [0.3, 0.4) is 0 Å². The fourth-order valence-corrected chi connectivity index (χ4v) is 12.2. The molecule has 0 aliphatic carbocycles. The minimum absolute atomic E-state index is 0.0107. The van der Waals surface area contributed by atoms with E-state index in [1.807, 2.05) is 0 Å². The smallest absolute Gasteiger partial charge is 0.296 e. The Morgan fingerprint density at radius 3 is 1.35 bits per heavy atom. The standard InChI is InChI=1S/C39H32ClN9O26S8/c40-37-43-38(41-27-17-25(81(59,60)61)13-19-15-29(76-73-70-52)33(35(50)31(19)27)48-46-21-1-5-23(6-2-21)79(55,56)11-9-68-77-74-71-53)45-39(44-37)42-28-18-26(82(62,63)64)14-20-16-30(83(65,66)67)34(36(51)32(20)28)49-47-22-3-7-24(8-4-22)80(57,58)12-10-69-78-75-72-54/h1-8,13-18,50-54H,9-12H2,(H,59,60,61)(H,62,63,64)(H,65,66,67)(H2,41,42,43,44,45)/b48-46+,49-47+. The highest BCUT2D eigenvalue weighted by Crippen LogP contribution is 2.49. The topological polar surface area (TPSA) is 519 Å². The summed E-state index contributed by atoms with van der Waals surface area (Å²) < 4.78 is 180. The Balaban J connectivity index is 1.28. The van der Waals surface area contributed by atoms with Crippen LogP contribution in [0.1, 0.15) is 0 Å². The molecule has 0 bridgehead atoms. The van der Waals surface area contributed by atoms with Gasteiger partial charge in [0.15, 0.2) is 55.8 Å². The van der Waals surface area contributed by atoms with Crippen LogP contribution in [0, 0.1) is 0 Å². The largest absolute Gasteiger partial charge is 0.505 e. The van der Waals surface area contributed by atoms with Crippen LogP contribution in [-0.4, -0.2) is 121 Å². The predicted octanol–water partition coefficient (Wildman–Crippen LogP) is 8.28. The number of anilines is 4. The number of nitrogens with zero attached hydrogens (tertiary/aromatic N) is 7. The molecule has 0 atom stereocenters. The van der Waals surface area contributed by atoms with Gasteiger partial charge < -0.3 is 20.8 Å². The van der Waals surface area contributed by atoms with Crippen molar-refractivity contribution in [3.05, 3.63) is 90.2 Å². The van der Waals surface area contributed by atoms with Crippen LogP contribution in [0.2, 0.25) is 5.28 Å². The molecule has 35 nitrogen and oxygen atoms in total. The van der Waals surface area contributed by atoms with Crippen molar-refractivity contribution in [2.75, 3.05) is 35.4 Å². The van der Waals surface area contributed by atoms with Gasteiger partial charge >= 0.3 is 0 Å². The summed E-state index contributed by atoms with van der Waals surface area (Å²) in [7, 11) is -23.6. The van der Waals surface area contributed by atoms with Gasteiger partial charge in [0.1, 0.15) is 16.3 Å². The van der Waals surface area contributed by atoms with Gasteiger partial charge in [-0.05, 0) is 107 Å². The number of fused-ring (bicyclic) bond motifs is 2. The molecule has 0 aliphatic heterocycles. The molecule has 6 aromatic carbocycles. The van der Waals surface area contributed by atoms with Crippen LogP contribution in [0.5, 0.6) is 11.5 Å². The number of azo groups is 2. The summed E-state index contributed by atoms with van der Waals surface area (Å²) in [5.74, 6) is -4.39. The third-order valence-electron chi connectivity index (χ3n) is 10.4. The lowest BCUT2D eigenvalue weighted by molar-refractivity contribution is -0.434. The molecule has 44 heteroatoms. The fourth-order valence-electron chi connectivity index (χ4n) is 6.93. The van der Waals surface area contributed by atoms with Crippen LogP contribution in [0.15, 0.2) is 135 Å². The lowest BCUT2D eigenvalue weighted by Crippen LogP contribution is -2.10. The van der Waals surface area contributed by atoms with Crippen molar-refractivity contribution in [2.45, 2.75) is 29.4 Å². The first-order chi connectivity index (χ1) is 39.1. The summed E-state index contributed by atoms with van der Waals surface area (Å²) in [5.41, 5.74) is -2.65. The first-order valence-electron chi connectivity index (χ1n) is 21.4. The van der Waals surface area contributed by atoms with Crippen LogP contribution >= 0.6 is 48.3 Å². The van der Waals surface area contributed by atoms with Crippen molar-refractivity contribution < 1.29 is 118 Å². The number of benzene rings is 6. The Morgan fingerprint density at radius 1 is 0.506 bits per heavy atom. The van der Waals surface area contributed by atoms with Gasteiger partial charge in [0.05, 0.1) is 84.0 Å². The van der Waals surface area contributed by atoms with Crippen LogP contribution < -0.4 is 10.6 Å². The Morgan fingerprint density at radius 2 is 0.928 bits per heavy atom. The molecule has 1 aromatic heterocycles. The Kier molecular flexibility index (Phi) is 21.1. The molecule has 0 spiro atoms. The number of aromatic nitrogens is 3. The average molecular weight is 1330 g/mol. The average Bonchev–Trinajstić information content (AvgIpc) is 3.61. The number of rotatable bonds is 28. The quantitative estimate of drug-likeness (QED) is 0.00550. The Bertz CT molecular complexity index is 4240. The van der Waals surface area contributed by atoms with Gasteiger partial charge in [-0.2, -0.15) is 50.4 Å². The zero-order chi connectivity index (χ0) is 60.5. The van der Waals surface area contributed by atoms with E-state index in [0.29, 0.717) is 18.2 Å². The second kappa shape index (κ2) is 27.2. The second-order valence-corrected chi connectivity index (χ2v) is 26.1.